The van der Waals surface area contributed by atoms with E-state index in [4.69, 9.17) is 0 Å². The second kappa shape index (κ2) is 8.53. The number of rotatable bonds is 7. The van der Waals surface area contributed by atoms with Gasteiger partial charge in [-0.1, -0.05) is 37.2 Å². The Morgan fingerprint density at radius 3 is 2.70 bits per heavy atom. The van der Waals surface area contributed by atoms with Gasteiger partial charge in [0, 0.05) is 17.5 Å². The molecule has 0 bridgehead atoms. The third-order valence-corrected chi connectivity index (χ3v) is 4.25. The van der Waals surface area contributed by atoms with Gasteiger partial charge in [-0.15, -0.1) is 0 Å². The molecule has 0 unspecified atom stereocenters. The molecule has 0 radical (unpaired) electrons. The second-order valence-corrected chi connectivity index (χ2v) is 6.09. The van der Waals surface area contributed by atoms with Crippen molar-refractivity contribution in [3.63, 3.8) is 0 Å². The highest BCUT2D eigenvalue weighted by molar-refractivity contribution is 7.98. The van der Waals surface area contributed by atoms with E-state index in [1.807, 2.05) is 12.1 Å². The number of hydrogen-bond acceptors (Lipinski definition) is 5. The van der Waals surface area contributed by atoms with Gasteiger partial charge < -0.3 is 9.72 Å². The maximum Gasteiger partial charge on any atom is 0.337 e. The van der Waals surface area contributed by atoms with Crippen molar-refractivity contribution in [3.05, 3.63) is 57.5 Å². The fraction of sp³-hybridized carbons (Fsp3) is 0.353. The van der Waals surface area contributed by atoms with E-state index in [1.165, 1.54) is 18.9 Å². The topological polar surface area (TPSA) is 72.0 Å². The Morgan fingerprint density at radius 2 is 2.04 bits per heavy atom. The third-order valence-electron chi connectivity index (χ3n) is 3.31. The number of unbranched alkanes of at least 4 members (excludes halogenated alkanes) is 1. The molecule has 2 rings (SSSR count). The van der Waals surface area contributed by atoms with E-state index in [1.54, 1.807) is 18.2 Å². The van der Waals surface area contributed by atoms with Crippen molar-refractivity contribution < 1.29 is 9.53 Å². The summed E-state index contributed by atoms with van der Waals surface area (Å²) in [7, 11) is 1.36. The predicted molar refractivity (Wildman–Crippen MR) is 90.8 cm³/mol. The number of carbonyl (C=O) groups is 1. The molecule has 1 N–H and O–H groups in total. The molecule has 0 aliphatic heterocycles. The van der Waals surface area contributed by atoms with Crippen LogP contribution in [0, 0.1) is 0 Å². The molecule has 1 aromatic heterocycles. The van der Waals surface area contributed by atoms with Crippen LogP contribution in [0.4, 0.5) is 0 Å². The first kappa shape index (κ1) is 17.3. The molecule has 0 amide bonds. The number of hydrogen-bond donors (Lipinski definition) is 1. The minimum absolute atomic E-state index is 0.116. The number of H-pyrrole nitrogens is 1. The van der Waals surface area contributed by atoms with Crippen LogP contribution in [-0.2, 0) is 16.9 Å². The van der Waals surface area contributed by atoms with Crippen LogP contribution in [0.1, 0.15) is 41.4 Å². The van der Waals surface area contributed by atoms with E-state index in [0.717, 1.165) is 30.5 Å². The van der Waals surface area contributed by atoms with Crippen molar-refractivity contribution >= 4 is 17.7 Å². The average molecular weight is 332 g/mol. The fourth-order valence-corrected chi connectivity index (χ4v) is 2.89. The van der Waals surface area contributed by atoms with E-state index >= 15 is 0 Å². The zero-order valence-electron chi connectivity index (χ0n) is 13.3. The number of thioether (sulfide) groups is 1. The van der Waals surface area contributed by atoms with Gasteiger partial charge in [0.1, 0.15) is 0 Å². The summed E-state index contributed by atoms with van der Waals surface area (Å²) >= 11 is 1.47. The number of carbonyl (C=O) groups excluding carboxylic acids is 1. The molecule has 0 aliphatic rings. The summed E-state index contributed by atoms with van der Waals surface area (Å²) in [4.78, 5) is 30.3. The minimum atomic E-state index is -0.348. The van der Waals surface area contributed by atoms with Gasteiger partial charge in [0.2, 0.25) is 0 Å². The van der Waals surface area contributed by atoms with Crippen molar-refractivity contribution in [2.45, 2.75) is 37.1 Å². The maximum absolute atomic E-state index is 11.7. The molecule has 0 spiro atoms. The number of nitrogens with zero attached hydrogens (tertiary/aromatic N) is 1. The van der Waals surface area contributed by atoms with Crippen LogP contribution in [0.5, 0.6) is 0 Å². The van der Waals surface area contributed by atoms with E-state index in [2.05, 4.69) is 21.6 Å². The van der Waals surface area contributed by atoms with Crippen molar-refractivity contribution in [3.8, 4) is 0 Å². The molecule has 2 aromatic rings. The van der Waals surface area contributed by atoms with E-state index in [9.17, 15) is 9.59 Å². The summed E-state index contributed by atoms with van der Waals surface area (Å²) in [6, 6.07) is 8.77. The van der Waals surface area contributed by atoms with Gasteiger partial charge >= 0.3 is 5.97 Å². The Balaban J connectivity index is 2.01. The molecule has 1 heterocycles. The number of aromatic nitrogens is 2. The number of benzene rings is 1. The molecule has 0 atom stereocenters. The number of esters is 1. The lowest BCUT2D eigenvalue weighted by molar-refractivity contribution is 0.0600. The van der Waals surface area contributed by atoms with Crippen molar-refractivity contribution in [2.24, 2.45) is 0 Å². The summed E-state index contributed by atoms with van der Waals surface area (Å²) < 4.78 is 4.67. The molecule has 5 nitrogen and oxygen atoms in total. The Hall–Kier alpha value is -2.08. The Labute approximate surface area is 139 Å². The van der Waals surface area contributed by atoms with Gasteiger partial charge in [-0.2, -0.15) is 0 Å². The Morgan fingerprint density at radius 1 is 1.30 bits per heavy atom. The molecule has 1 aromatic carbocycles. The van der Waals surface area contributed by atoms with Gasteiger partial charge in [0.15, 0.2) is 5.16 Å². The summed E-state index contributed by atoms with van der Waals surface area (Å²) in [5, 5.41) is 0.626. The third kappa shape index (κ3) is 5.25. The average Bonchev–Trinajstić information content (AvgIpc) is 2.57. The van der Waals surface area contributed by atoms with Crippen LogP contribution >= 0.6 is 11.8 Å². The van der Waals surface area contributed by atoms with E-state index < -0.39 is 0 Å². The highest BCUT2D eigenvalue weighted by Crippen LogP contribution is 2.19. The summed E-state index contributed by atoms with van der Waals surface area (Å²) in [5.74, 6) is 0.320. The largest absolute Gasteiger partial charge is 0.465 e. The quantitative estimate of drug-likeness (QED) is 0.479. The standard InChI is InChI=1S/C17H20N2O3S/c1-3-4-5-14-10-15(20)19-17(18-14)23-11-12-6-8-13(9-7-12)16(21)22-2/h6-10H,3-5,11H2,1-2H3,(H,18,19,20). The lowest BCUT2D eigenvalue weighted by Gasteiger charge is -2.05. The molecule has 0 aliphatic carbocycles. The van der Waals surface area contributed by atoms with E-state index in [0.29, 0.717) is 16.5 Å². The lowest BCUT2D eigenvalue weighted by Crippen LogP contribution is -2.10. The first-order valence-corrected chi connectivity index (χ1v) is 8.51. The highest BCUT2D eigenvalue weighted by Gasteiger charge is 2.06. The SMILES string of the molecule is CCCCc1cc(=O)[nH]c(SCc2ccc(C(=O)OC)cc2)n1. The lowest BCUT2D eigenvalue weighted by atomic mass is 10.1. The van der Waals surface area contributed by atoms with Gasteiger partial charge in [0.25, 0.3) is 5.56 Å². The smallest absolute Gasteiger partial charge is 0.337 e. The summed E-state index contributed by atoms with van der Waals surface area (Å²) in [6.07, 6.45) is 2.92. The van der Waals surface area contributed by atoms with Crippen LogP contribution in [0.2, 0.25) is 0 Å². The normalized spacial score (nSPS) is 10.5. The van der Waals surface area contributed by atoms with Crippen LogP contribution in [0.15, 0.2) is 40.3 Å². The van der Waals surface area contributed by atoms with E-state index in [-0.39, 0.29) is 11.5 Å². The second-order valence-electron chi connectivity index (χ2n) is 5.12. The molecule has 0 fully saturated rings. The molecule has 0 saturated carbocycles. The van der Waals surface area contributed by atoms with Crippen molar-refractivity contribution in [1.29, 1.82) is 0 Å². The molecule has 6 heteroatoms. The van der Waals surface area contributed by atoms with Crippen LogP contribution in [0.25, 0.3) is 0 Å². The Bertz CT molecular complexity index is 711. The minimum Gasteiger partial charge on any atom is -0.465 e. The number of ether oxygens (including phenoxy) is 1. The zero-order valence-corrected chi connectivity index (χ0v) is 14.1. The van der Waals surface area contributed by atoms with Gasteiger partial charge in [-0.3, -0.25) is 4.79 Å². The van der Waals surface area contributed by atoms with Gasteiger partial charge in [-0.05, 0) is 30.5 Å². The zero-order chi connectivity index (χ0) is 16.7. The molecule has 0 saturated heterocycles. The molecular formula is C17H20N2O3S. The first-order valence-electron chi connectivity index (χ1n) is 7.52. The fourth-order valence-electron chi connectivity index (χ4n) is 2.04. The van der Waals surface area contributed by atoms with Crippen LogP contribution in [-0.4, -0.2) is 23.0 Å². The summed E-state index contributed by atoms with van der Waals surface area (Å²) in [6.45, 7) is 2.11. The first-order chi connectivity index (χ1) is 11.1. The number of nitrogens with one attached hydrogen (secondary N) is 1. The van der Waals surface area contributed by atoms with Gasteiger partial charge in [-0.25, -0.2) is 9.78 Å². The number of methoxy groups -OCH3 is 1. The van der Waals surface area contributed by atoms with Crippen molar-refractivity contribution in [2.75, 3.05) is 7.11 Å². The van der Waals surface area contributed by atoms with Crippen molar-refractivity contribution in [1.82, 2.24) is 9.97 Å². The van der Waals surface area contributed by atoms with Crippen LogP contribution in [0.3, 0.4) is 0 Å². The predicted octanol–water partition coefficient (Wildman–Crippen LogP) is 3.19. The number of aromatic amines is 1. The number of aryl methyl sites for hydroxylation is 1. The maximum atomic E-state index is 11.7. The molecule has 122 valence electrons. The Kier molecular flexibility index (Phi) is 6.40. The summed E-state index contributed by atoms with van der Waals surface area (Å²) in [5.41, 5.74) is 2.28. The highest BCUT2D eigenvalue weighted by atomic mass is 32.2. The molecular weight excluding hydrogens is 312 g/mol. The van der Waals surface area contributed by atoms with Gasteiger partial charge in [0.05, 0.1) is 12.7 Å². The van der Waals surface area contributed by atoms with Crippen LogP contribution < -0.4 is 5.56 Å². The molecule has 23 heavy (non-hydrogen) atoms. The monoisotopic (exact) mass is 332 g/mol.